The third-order valence-electron chi connectivity index (χ3n) is 3.99. The number of phenols is 1. The van der Waals surface area contributed by atoms with Gasteiger partial charge in [-0.1, -0.05) is 35.5 Å². The summed E-state index contributed by atoms with van der Waals surface area (Å²) in [5, 5.41) is 21.5. The van der Waals surface area contributed by atoms with E-state index in [2.05, 4.69) is 15.9 Å². The standard InChI is InChI=1S/C21H12BrClINO4S/c22-15-3-1-2-4-18(15)30-21(20(27)12-5-8-14(23)9-6-12)19(24)13-7-10-17(26)16(11-13)25(28)29/h1-11,26H. The molecule has 0 saturated carbocycles. The van der Waals surface area contributed by atoms with E-state index in [1.165, 1.54) is 23.9 Å². The van der Waals surface area contributed by atoms with Crippen molar-refractivity contribution in [3.8, 4) is 5.75 Å². The lowest BCUT2D eigenvalue weighted by atomic mass is 10.1. The molecular formula is C21H12BrClINO4S. The molecule has 0 aliphatic heterocycles. The largest absolute Gasteiger partial charge is 0.502 e. The molecule has 0 aliphatic carbocycles. The summed E-state index contributed by atoms with van der Waals surface area (Å²) in [6.45, 7) is 0. The number of benzene rings is 3. The number of hydrogen-bond donors (Lipinski definition) is 1. The topological polar surface area (TPSA) is 80.4 Å². The summed E-state index contributed by atoms with van der Waals surface area (Å²) in [5.74, 6) is -0.676. The highest BCUT2D eigenvalue weighted by atomic mass is 127. The van der Waals surface area contributed by atoms with Crippen molar-refractivity contribution in [3.63, 3.8) is 0 Å². The Bertz CT molecular complexity index is 1170. The summed E-state index contributed by atoms with van der Waals surface area (Å²) in [5.41, 5.74) is 0.471. The van der Waals surface area contributed by atoms with Crippen LogP contribution in [0.1, 0.15) is 15.9 Å². The summed E-state index contributed by atoms with van der Waals surface area (Å²) in [4.78, 5) is 25.1. The van der Waals surface area contributed by atoms with Crippen LogP contribution in [0, 0.1) is 10.1 Å². The normalized spacial score (nSPS) is 11.7. The number of halogens is 3. The van der Waals surface area contributed by atoms with E-state index in [0.717, 1.165) is 9.37 Å². The number of phenolic OH excluding ortho intramolecular Hbond substituents is 1. The SMILES string of the molecule is O=C(C(Sc1ccccc1Br)=C(I)c1ccc(O)c([N+](=O)[O-])c1)c1ccc(Cl)cc1. The molecule has 0 unspecified atom stereocenters. The van der Waals surface area contributed by atoms with Gasteiger partial charge >= 0.3 is 5.69 Å². The zero-order chi connectivity index (χ0) is 21.8. The van der Waals surface area contributed by atoms with Crippen molar-refractivity contribution in [1.29, 1.82) is 0 Å². The Morgan fingerprint density at radius 2 is 1.70 bits per heavy atom. The molecule has 0 saturated heterocycles. The fraction of sp³-hybridized carbons (Fsp3) is 0. The first-order chi connectivity index (χ1) is 14.3. The van der Waals surface area contributed by atoms with Gasteiger partial charge in [-0.2, -0.15) is 0 Å². The van der Waals surface area contributed by atoms with Crippen molar-refractivity contribution in [1.82, 2.24) is 0 Å². The van der Waals surface area contributed by atoms with E-state index >= 15 is 0 Å². The van der Waals surface area contributed by atoms with Gasteiger partial charge in [-0.3, -0.25) is 14.9 Å². The molecule has 30 heavy (non-hydrogen) atoms. The van der Waals surface area contributed by atoms with Gasteiger partial charge in [0, 0.05) is 29.6 Å². The van der Waals surface area contributed by atoms with Crippen molar-refractivity contribution >= 4 is 76.9 Å². The molecule has 5 nitrogen and oxygen atoms in total. The number of nitro groups is 1. The van der Waals surface area contributed by atoms with Crippen molar-refractivity contribution < 1.29 is 14.8 Å². The molecule has 1 N–H and O–H groups in total. The second-order valence-electron chi connectivity index (χ2n) is 5.97. The number of hydrogen-bond acceptors (Lipinski definition) is 5. The van der Waals surface area contributed by atoms with Gasteiger partial charge in [0.15, 0.2) is 5.75 Å². The molecule has 0 aliphatic rings. The van der Waals surface area contributed by atoms with Crippen LogP contribution >= 0.6 is 61.9 Å². The number of nitrogens with zero attached hydrogens (tertiary/aromatic N) is 1. The molecule has 152 valence electrons. The highest BCUT2D eigenvalue weighted by Crippen LogP contribution is 2.42. The maximum Gasteiger partial charge on any atom is 0.311 e. The minimum absolute atomic E-state index is 0.243. The summed E-state index contributed by atoms with van der Waals surface area (Å²) in [7, 11) is 0. The van der Waals surface area contributed by atoms with Crippen LogP contribution in [0.3, 0.4) is 0 Å². The molecule has 0 heterocycles. The molecule has 0 atom stereocenters. The van der Waals surface area contributed by atoms with Crippen molar-refractivity contribution in [2.24, 2.45) is 0 Å². The summed E-state index contributed by atoms with van der Waals surface area (Å²) in [6, 6.07) is 18.0. The van der Waals surface area contributed by atoms with Crippen LogP contribution in [0.2, 0.25) is 5.02 Å². The van der Waals surface area contributed by atoms with E-state index in [9.17, 15) is 20.0 Å². The first-order valence-electron chi connectivity index (χ1n) is 8.38. The second kappa shape index (κ2) is 9.95. The van der Waals surface area contributed by atoms with Crippen molar-refractivity contribution in [3.05, 3.63) is 102 Å². The Kier molecular flexibility index (Phi) is 7.56. The maximum atomic E-state index is 13.3. The van der Waals surface area contributed by atoms with Gasteiger partial charge < -0.3 is 5.11 Å². The van der Waals surface area contributed by atoms with Gasteiger partial charge in [0.05, 0.1) is 9.83 Å². The lowest BCUT2D eigenvalue weighted by Crippen LogP contribution is -2.03. The number of rotatable bonds is 6. The predicted molar refractivity (Wildman–Crippen MR) is 131 cm³/mol. The number of Topliss-reactive ketones (excluding diaryl/α,β-unsaturated/α-hetero) is 1. The van der Waals surface area contributed by atoms with E-state index < -0.39 is 16.4 Å². The second-order valence-corrected chi connectivity index (χ2v) is 9.39. The molecule has 0 amide bonds. The first kappa shape index (κ1) is 22.8. The van der Waals surface area contributed by atoms with Crippen molar-refractivity contribution in [2.75, 3.05) is 0 Å². The summed E-state index contributed by atoms with van der Waals surface area (Å²) in [6.07, 6.45) is 0. The zero-order valence-electron chi connectivity index (χ0n) is 15.0. The number of carbonyl (C=O) groups excluding carboxylic acids is 1. The van der Waals surface area contributed by atoms with E-state index in [1.54, 1.807) is 30.3 Å². The average molecular weight is 617 g/mol. The van der Waals surface area contributed by atoms with Gasteiger partial charge in [-0.15, -0.1) is 0 Å². The molecule has 3 aromatic rings. The molecule has 3 aromatic carbocycles. The Balaban J connectivity index is 2.15. The lowest BCUT2D eigenvalue weighted by molar-refractivity contribution is -0.385. The maximum absolute atomic E-state index is 13.3. The number of nitro benzene ring substituents is 1. The monoisotopic (exact) mass is 615 g/mol. The molecule has 0 fully saturated rings. The van der Waals surface area contributed by atoms with Crippen LogP contribution in [0.5, 0.6) is 5.75 Å². The highest BCUT2D eigenvalue weighted by molar-refractivity contribution is 14.1. The zero-order valence-corrected chi connectivity index (χ0v) is 20.3. The van der Waals surface area contributed by atoms with Gasteiger partial charge in [-0.05, 0) is 92.6 Å². The summed E-state index contributed by atoms with van der Waals surface area (Å²) >= 11 is 12.7. The quantitative estimate of drug-likeness (QED) is 0.0775. The van der Waals surface area contributed by atoms with Crippen LogP contribution in [0.15, 0.2) is 81.0 Å². The number of aromatic hydroxyl groups is 1. The van der Waals surface area contributed by atoms with Crippen LogP contribution in [-0.4, -0.2) is 15.8 Å². The third kappa shape index (κ3) is 5.23. The van der Waals surface area contributed by atoms with Gasteiger partial charge in [0.1, 0.15) is 0 Å². The van der Waals surface area contributed by atoms with E-state index in [-0.39, 0.29) is 5.78 Å². The van der Waals surface area contributed by atoms with E-state index in [4.69, 9.17) is 11.6 Å². The minimum atomic E-state index is -0.662. The van der Waals surface area contributed by atoms with Gasteiger partial charge in [0.25, 0.3) is 0 Å². The van der Waals surface area contributed by atoms with Crippen molar-refractivity contribution in [2.45, 2.75) is 4.90 Å². The van der Waals surface area contributed by atoms with Crippen LogP contribution in [0.25, 0.3) is 3.58 Å². The Labute approximate surface area is 203 Å². The Morgan fingerprint density at radius 3 is 2.33 bits per heavy atom. The number of allylic oxidation sites excluding steroid dienone is 1. The average Bonchev–Trinajstić information content (AvgIpc) is 2.73. The smallest absolute Gasteiger partial charge is 0.311 e. The van der Waals surface area contributed by atoms with Gasteiger partial charge in [0.2, 0.25) is 5.78 Å². The highest BCUT2D eigenvalue weighted by Gasteiger charge is 2.22. The predicted octanol–water partition coefficient (Wildman–Crippen LogP) is 7.50. The summed E-state index contributed by atoms with van der Waals surface area (Å²) < 4.78 is 1.34. The third-order valence-corrected chi connectivity index (χ3v) is 7.89. The first-order valence-corrected chi connectivity index (χ1v) is 11.4. The fourth-order valence-corrected chi connectivity index (χ4v) is 5.01. The molecule has 0 aromatic heterocycles. The Hall–Kier alpha value is -1.88. The van der Waals surface area contributed by atoms with E-state index in [0.29, 0.717) is 24.6 Å². The Morgan fingerprint density at radius 1 is 1.07 bits per heavy atom. The van der Waals surface area contributed by atoms with Crippen LogP contribution in [0.4, 0.5) is 5.69 Å². The molecule has 0 radical (unpaired) electrons. The number of carbonyl (C=O) groups is 1. The fourth-order valence-electron chi connectivity index (χ4n) is 2.50. The minimum Gasteiger partial charge on any atom is -0.502 e. The van der Waals surface area contributed by atoms with Crippen LogP contribution < -0.4 is 0 Å². The molecule has 0 bridgehead atoms. The number of ketones is 1. The van der Waals surface area contributed by atoms with Crippen LogP contribution in [-0.2, 0) is 0 Å². The van der Waals surface area contributed by atoms with Gasteiger partial charge in [-0.25, -0.2) is 0 Å². The number of thioether (sulfide) groups is 1. The lowest BCUT2D eigenvalue weighted by Gasteiger charge is -2.12. The molecular weight excluding hydrogens is 605 g/mol. The molecule has 9 heteroatoms. The molecule has 0 spiro atoms. The molecule has 3 rings (SSSR count). The van der Waals surface area contributed by atoms with E-state index in [1.807, 2.05) is 46.9 Å².